The van der Waals surface area contributed by atoms with Crippen LogP contribution in [0, 0.1) is 5.92 Å². The van der Waals surface area contributed by atoms with Crippen molar-refractivity contribution in [3.8, 4) is 11.5 Å². The molecular formula is C25H23NO4. The second-order valence-corrected chi connectivity index (χ2v) is 7.33. The number of hydrogen-bond acceptors (Lipinski definition) is 4. The lowest BCUT2D eigenvalue weighted by Gasteiger charge is -2.16. The van der Waals surface area contributed by atoms with Crippen molar-refractivity contribution < 1.29 is 19.1 Å². The van der Waals surface area contributed by atoms with Gasteiger partial charge in [-0.05, 0) is 35.4 Å². The topological polar surface area (TPSA) is 55.8 Å². The highest BCUT2D eigenvalue weighted by atomic mass is 16.5. The Hall–Kier alpha value is -3.60. The van der Waals surface area contributed by atoms with Crippen LogP contribution in [-0.2, 0) is 27.5 Å². The lowest BCUT2D eigenvalue weighted by Crippen LogP contribution is -2.26. The second-order valence-electron chi connectivity index (χ2n) is 7.33. The number of likely N-dealkylation sites (tertiary alicyclic amines) is 1. The van der Waals surface area contributed by atoms with Crippen molar-refractivity contribution in [2.45, 2.75) is 19.6 Å². The number of carbonyl (C=O) groups excluding carboxylic acids is 2. The van der Waals surface area contributed by atoms with Gasteiger partial charge in [0.25, 0.3) is 0 Å². The molecule has 3 aromatic carbocycles. The summed E-state index contributed by atoms with van der Waals surface area (Å²) in [5.41, 5.74) is 1.89. The summed E-state index contributed by atoms with van der Waals surface area (Å²) in [7, 11) is 0. The van der Waals surface area contributed by atoms with Crippen LogP contribution in [0.25, 0.3) is 0 Å². The Balaban J connectivity index is 1.30. The number of esters is 1. The molecule has 1 amide bonds. The van der Waals surface area contributed by atoms with Crippen LogP contribution in [0.1, 0.15) is 17.5 Å². The van der Waals surface area contributed by atoms with Gasteiger partial charge in [0.1, 0.15) is 18.1 Å². The van der Waals surface area contributed by atoms with E-state index in [0.29, 0.717) is 18.8 Å². The fourth-order valence-corrected chi connectivity index (χ4v) is 3.48. The van der Waals surface area contributed by atoms with Gasteiger partial charge in [-0.15, -0.1) is 0 Å². The molecule has 1 aliphatic heterocycles. The average molecular weight is 401 g/mol. The maximum Gasteiger partial charge on any atom is 0.311 e. The van der Waals surface area contributed by atoms with Gasteiger partial charge >= 0.3 is 5.97 Å². The Morgan fingerprint density at radius 3 is 2.30 bits per heavy atom. The Kier molecular flexibility index (Phi) is 6.09. The van der Waals surface area contributed by atoms with Crippen molar-refractivity contribution in [3.63, 3.8) is 0 Å². The van der Waals surface area contributed by atoms with Gasteiger partial charge in [0, 0.05) is 19.5 Å². The minimum Gasteiger partial charge on any atom is -0.461 e. The van der Waals surface area contributed by atoms with Crippen LogP contribution < -0.4 is 4.74 Å². The van der Waals surface area contributed by atoms with E-state index in [9.17, 15) is 9.59 Å². The van der Waals surface area contributed by atoms with E-state index in [1.54, 1.807) is 4.90 Å². The first-order valence-electron chi connectivity index (χ1n) is 9.97. The Bertz CT molecular complexity index is 1000. The summed E-state index contributed by atoms with van der Waals surface area (Å²) in [5, 5.41) is 0. The van der Waals surface area contributed by atoms with Crippen molar-refractivity contribution in [1.82, 2.24) is 4.90 Å². The molecule has 1 aliphatic rings. The number of para-hydroxylation sites is 1. The number of rotatable bonds is 7. The molecule has 1 saturated heterocycles. The normalized spacial score (nSPS) is 15.8. The standard InChI is InChI=1S/C25H23NO4/c27-24-15-21(17-26(24)16-19-8-3-1-4-9-19)25(28)29-18-20-10-7-13-23(14-20)30-22-11-5-2-6-12-22/h1-14,21H,15-18H2/t21-/m1/s1. The minimum atomic E-state index is -0.426. The smallest absolute Gasteiger partial charge is 0.311 e. The van der Waals surface area contributed by atoms with E-state index in [0.717, 1.165) is 16.9 Å². The van der Waals surface area contributed by atoms with E-state index in [1.165, 1.54) is 0 Å². The minimum absolute atomic E-state index is 0.0148. The number of ether oxygens (including phenoxy) is 2. The van der Waals surface area contributed by atoms with E-state index in [-0.39, 0.29) is 24.9 Å². The zero-order chi connectivity index (χ0) is 20.8. The number of carbonyl (C=O) groups is 2. The quantitative estimate of drug-likeness (QED) is 0.544. The van der Waals surface area contributed by atoms with Gasteiger partial charge in [-0.25, -0.2) is 0 Å². The van der Waals surface area contributed by atoms with E-state index in [2.05, 4.69) is 0 Å². The molecule has 5 heteroatoms. The molecule has 0 spiro atoms. The molecule has 0 N–H and O–H groups in total. The molecule has 1 atom stereocenters. The summed E-state index contributed by atoms with van der Waals surface area (Å²) >= 11 is 0. The first-order chi connectivity index (χ1) is 14.7. The SMILES string of the molecule is O=C(OCc1cccc(Oc2ccccc2)c1)[C@@H]1CC(=O)N(Cc2ccccc2)C1. The molecule has 0 aliphatic carbocycles. The monoisotopic (exact) mass is 401 g/mol. The second kappa shape index (κ2) is 9.27. The van der Waals surface area contributed by atoms with Crippen LogP contribution >= 0.6 is 0 Å². The van der Waals surface area contributed by atoms with Crippen molar-refractivity contribution in [2.75, 3.05) is 6.54 Å². The summed E-state index contributed by atoms with van der Waals surface area (Å²) < 4.78 is 11.3. The van der Waals surface area contributed by atoms with Crippen LogP contribution in [0.15, 0.2) is 84.9 Å². The van der Waals surface area contributed by atoms with E-state index < -0.39 is 5.92 Å². The average Bonchev–Trinajstić information content (AvgIpc) is 3.14. The van der Waals surface area contributed by atoms with Gasteiger partial charge in [-0.3, -0.25) is 9.59 Å². The van der Waals surface area contributed by atoms with Gasteiger partial charge in [0.05, 0.1) is 5.92 Å². The zero-order valence-corrected chi connectivity index (χ0v) is 16.6. The molecule has 30 heavy (non-hydrogen) atoms. The number of benzene rings is 3. The van der Waals surface area contributed by atoms with Crippen LogP contribution in [0.5, 0.6) is 11.5 Å². The zero-order valence-electron chi connectivity index (χ0n) is 16.6. The van der Waals surface area contributed by atoms with Gasteiger partial charge in [-0.1, -0.05) is 60.7 Å². The van der Waals surface area contributed by atoms with Crippen LogP contribution in [0.4, 0.5) is 0 Å². The molecular weight excluding hydrogens is 378 g/mol. The number of nitrogens with zero attached hydrogens (tertiary/aromatic N) is 1. The lowest BCUT2D eigenvalue weighted by atomic mass is 10.1. The third-order valence-corrected chi connectivity index (χ3v) is 5.02. The predicted octanol–water partition coefficient (Wildman–Crippen LogP) is 4.57. The molecule has 0 aromatic heterocycles. The Morgan fingerprint density at radius 2 is 1.53 bits per heavy atom. The van der Waals surface area contributed by atoms with Crippen LogP contribution in [0.2, 0.25) is 0 Å². The highest BCUT2D eigenvalue weighted by Gasteiger charge is 2.35. The molecule has 5 nitrogen and oxygen atoms in total. The van der Waals surface area contributed by atoms with Crippen molar-refractivity contribution in [2.24, 2.45) is 5.92 Å². The van der Waals surface area contributed by atoms with Gasteiger partial charge in [0.2, 0.25) is 5.91 Å². The van der Waals surface area contributed by atoms with E-state index in [4.69, 9.17) is 9.47 Å². The third-order valence-electron chi connectivity index (χ3n) is 5.02. The molecule has 3 aromatic rings. The molecule has 152 valence electrons. The van der Waals surface area contributed by atoms with E-state index in [1.807, 2.05) is 84.9 Å². The number of amides is 1. The summed E-state index contributed by atoms with van der Waals surface area (Å²) in [6, 6.07) is 26.7. The summed E-state index contributed by atoms with van der Waals surface area (Å²) in [6.07, 6.45) is 0.197. The lowest BCUT2D eigenvalue weighted by molar-refractivity contribution is -0.149. The van der Waals surface area contributed by atoms with Gasteiger partial charge in [0.15, 0.2) is 0 Å². The van der Waals surface area contributed by atoms with E-state index >= 15 is 0 Å². The molecule has 4 rings (SSSR count). The van der Waals surface area contributed by atoms with Crippen LogP contribution in [-0.4, -0.2) is 23.3 Å². The fraction of sp³-hybridized carbons (Fsp3) is 0.200. The summed E-state index contributed by atoms with van der Waals surface area (Å²) in [6.45, 7) is 1.06. The third kappa shape index (κ3) is 5.06. The Labute approximate surface area is 175 Å². The van der Waals surface area contributed by atoms with Gasteiger partial charge < -0.3 is 14.4 Å². The van der Waals surface area contributed by atoms with Crippen LogP contribution in [0.3, 0.4) is 0 Å². The largest absolute Gasteiger partial charge is 0.461 e. The maximum absolute atomic E-state index is 12.5. The predicted molar refractivity (Wildman–Crippen MR) is 113 cm³/mol. The first kappa shape index (κ1) is 19.7. The van der Waals surface area contributed by atoms with Gasteiger partial charge in [-0.2, -0.15) is 0 Å². The molecule has 0 radical (unpaired) electrons. The van der Waals surface area contributed by atoms with Crippen molar-refractivity contribution in [3.05, 3.63) is 96.1 Å². The molecule has 0 unspecified atom stereocenters. The molecule has 0 bridgehead atoms. The van der Waals surface area contributed by atoms with Crippen molar-refractivity contribution in [1.29, 1.82) is 0 Å². The molecule has 0 saturated carbocycles. The Morgan fingerprint density at radius 1 is 0.867 bits per heavy atom. The number of hydrogen-bond donors (Lipinski definition) is 0. The summed E-state index contributed by atoms with van der Waals surface area (Å²) in [4.78, 5) is 26.5. The highest BCUT2D eigenvalue weighted by Crippen LogP contribution is 2.24. The first-order valence-corrected chi connectivity index (χ1v) is 9.97. The fourth-order valence-electron chi connectivity index (χ4n) is 3.48. The maximum atomic E-state index is 12.5. The molecule has 1 fully saturated rings. The van der Waals surface area contributed by atoms with Crippen molar-refractivity contribution >= 4 is 11.9 Å². The highest BCUT2D eigenvalue weighted by molar-refractivity contribution is 5.86. The molecule has 1 heterocycles. The summed E-state index contributed by atoms with van der Waals surface area (Å²) in [5.74, 6) is 0.645.